The number of hydrogen-bond acceptors (Lipinski definition) is 2. The van der Waals surface area contributed by atoms with E-state index >= 15 is 0 Å². The number of nitrogens with zero attached hydrogens (tertiary/aromatic N) is 1. The van der Waals surface area contributed by atoms with Gasteiger partial charge in [0, 0.05) is 18.8 Å². The van der Waals surface area contributed by atoms with E-state index in [9.17, 15) is 0 Å². The van der Waals surface area contributed by atoms with Gasteiger partial charge in [0.05, 0.1) is 5.69 Å². The van der Waals surface area contributed by atoms with E-state index in [0.29, 0.717) is 12.0 Å². The van der Waals surface area contributed by atoms with Gasteiger partial charge in [0.25, 0.3) is 0 Å². The van der Waals surface area contributed by atoms with Gasteiger partial charge in [-0.15, -0.1) is 0 Å². The van der Waals surface area contributed by atoms with Gasteiger partial charge in [0.2, 0.25) is 0 Å². The molecule has 2 heteroatoms. The summed E-state index contributed by atoms with van der Waals surface area (Å²) in [5, 5.41) is 3.63. The molecule has 106 valence electrons. The fourth-order valence-corrected chi connectivity index (χ4v) is 2.42. The number of hydrogen-bond donors (Lipinski definition) is 1. The first-order valence-electron chi connectivity index (χ1n) is 7.42. The summed E-state index contributed by atoms with van der Waals surface area (Å²) in [5.74, 6) is 0.547. The van der Waals surface area contributed by atoms with E-state index in [0.717, 1.165) is 18.7 Å². The Hall–Kier alpha value is -1.67. The van der Waals surface area contributed by atoms with Crippen molar-refractivity contribution in [3.05, 3.63) is 65.5 Å². The molecular formula is C18H24N2. The maximum atomic E-state index is 4.37. The van der Waals surface area contributed by atoms with E-state index < -0.39 is 0 Å². The first-order valence-corrected chi connectivity index (χ1v) is 7.42. The summed E-state index contributed by atoms with van der Waals surface area (Å²) < 4.78 is 0. The summed E-state index contributed by atoms with van der Waals surface area (Å²) in [7, 11) is 0. The van der Waals surface area contributed by atoms with E-state index in [1.807, 2.05) is 18.3 Å². The average molecular weight is 268 g/mol. The van der Waals surface area contributed by atoms with E-state index in [4.69, 9.17) is 0 Å². The molecule has 0 fully saturated rings. The second kappa shape index (κ2) is 7.20. The van der Waals surface area contributed by atoms with Crippen LogP contribution in [0.4, 0.5) is 0 Å². The maximum Gasteiger partial charge on any atom is 0.0541 e. The van der Waals surface area contributed by atoms with Crippen LogP contribution in [0.15, 0.2) is 48.7 Å². The summed E-state index contributed by atoms with van der Waals surface area (Å²) in [6.45, 7) is 7.50. The number of benzene rings is 1. The molecule has 0 bridgehead atoms. The molecule has 0 radical (unpaired) electrons. The molecule has 1 N–H and O–H groups in total. The maximum absolute atomic E-state index is 4.37. The lowest BCUT2D eigenvalue weighted by molar-refractivity contribution is 0.408. The fourth-order valence-electron chi connectivity index (χ4n) is 2.42. The zero-order valence-corrected chi connectivity index (χ0v) is 12.6. The lowest BCUT2D eigenvalue weighted by Gasteiger charge is -2.23. The smallest absolute Gasteiger partial charge is 0.0541 e. The molecular weight excluding hydrogens is 244 g/mol. The molecule has 2 rings (SSSR count). The molecule has 0 aliphatic rings. The second-order valence-electron chi connectivity index (χ2n) is 5.52. The van der Waals surface area contributed by atoms with Crippen molar-refractivity contribution in [1.29, 1.82) is 0 Å². The highest BCUT2D eigenvalue weighted by molar-refractivity contribution is 5.25. The van der Waals surface area contributed by atoms with Gasteiger partial charge in [-0.3, -0.25) is 4.98 Å². The van der Waals surface area contributed by atoms with Crippen molar-refractivity contribution in [3.8, 4) is 0 Å². The molecule has 1 unspecified atom stereocenters. The molecule has 0 aliphatic heterocycles. The molecule has 0 amide bonds. The summed E-state index contributed by atoms with van der Waals surface area (Å²) in [6, 6.07) is 15.4. The first-order chi connectivity index (χ1) is 9.70. The Morgan fingerprint density at radius 3 is 2.35 bits per heavy atom. The zero-order chi connectivity index (χ0) is 14.4. The fraction of sp³-hybridized carbons (Fsp3) is 0.389. The molecule has 0 spiro atoms. The van der Waals surface area contributed by atoms with Crippen molar-refractivity contribution in [2.24, 2.45) is 5.92 Å². The Bertz CT molecular complexity index is 503. The lowest BCUT2D eigenvalue weighted by Crippen LogP contribution is -2.25. The van der Waals surface area contributed by atoms with Gasteiger partial charge in [-0.1, -0.05) is 51.1 Å². The SMILES string of the molecule is CCc1ccc(C(NCc2ccccn2)C(C)C)cc1. The van der Waals surface area contributed by atoms with Crippen molar-refractivity contribution < 1.29 is 0 Å². The predicted octanol–water partition coefficient (Wildman–Crippen LogP) is 4.13. The summed E-state index contributed by atoms with van der Waals surface area (Å²) in [6.07, 6.45) is 2.94. The summed E-state index contributed by atoms with van der Waals surface area (Å²) >= 11 is 0. The van der Waals surface area contributed by atoms with Crippen LogP contribution in [0.3, 0.4) is 0 Å². The van der Waals surface area contributed by atoms with Crippen molar-refractivity contribution in [3.63, 3.8) is 0 Å². The van der Waals surface area contributed by atoms with Gasteiger partial charge in [-0.05, 0) is 35.6 Å². The molecule has 1 aromatic carbocycles. The minimum absolute atomic E-state index is 0.364. The standard InChI is InChI=1S/C18H24N2/c1-4-15-8-10-16(11-9-15)18(14(2)3)20-13-17-7-5-6-12-19-17/h5-12,14,18,20H,4,13H2,1-3H3. The average Bonchev–Trinajstić information content (AvgIpc) is 2.49. The Morgan fingerprint density at radius 1 is 1.05 bits per heavy atom. The van der Waals surface area contributed by atoms with Crippen LogP contribution in [0.1, 0.15) is 43.6 Å². The van der Waals surface area contributed by atoms with Gasteiger partial charge in [-0.2, -0.15) is 0 Å². The van der Waals surface area contributed by atoms with Crippen molar-refractivity contribution in [1.82, 2.24) is 10.3 Å². The topological polar surface area (TPSA) is 24.9 Å². The van der Waals surface area contributed by atoms with Crippen molar-refractivity contribution >= 4 is 0 Å². The normalized spacial score (nSPS) is 12.6. The quantitative estimate of drug-likeness (QED) is 0.852. The number of rotatable bonds is 6. The third-order valence-corrected chi connectivity index (χ3v) is 3.64. The molecule has 2 aromatic rings. The van der Waals surface area contributed by atoms with Gasteiger partial charge in [0.1, 0.15) is 0 Å². The summed E-state index contributed by atoms with van der Waals surface area (Å²) in [4.78, 5) is 4.37. The van der Waals surface area contributed by atoms with Crippen LogP contribution in [0.2, 0.25) is 0 Å². The molecule has 0 saturated heterocycles. The van der Waals surface area contributed by atoms with Crippen molar-refractivity contribution in [2.45, 2.75) is 39.8 Å². The summed E-state index contributed by atoms with van der Waals surface area (Å²) in [5.41, 5.74) is 3.83. The number of aryl methyl sites for hydroxylation is 1. The van der Waals surface area contributed by atoms with Gasteiger partial charge in [-0.25, -0.2) is 0 Å². The molecule has 1 aromatic heterocycles. The van der Waals surface area contributed by atoms with Gasteiger partial charge in [0.15, 0.2) is 0 Å². The number of nitrogens with one attached hydrogen (secondary N) is 1. The minimum Gasteiger partial charge on any atom is -0.304 e. The number of aromatic nitrogens is 1. The molecule has 20 heavy (non-hydrogen) atoms. The Balaban J connectivity index is 2.06. The van der Waals surface area contributed by atoms with E-state index in [1.54, 1.807) is 0 Å². The second-order valence-corrected chi connectivity index (χ2v) is 5.52. The van der Waals surface area contributed by atoms with Crippen molar-refractivity contribution in [2.75, 3.05) is 0 Å². The Labute approximate surface area is 122 Å². The highest BCUT2D eigenvalue weighted by Gasteiger charge is 2.15. The van der Waals surface area contributed by atoms with E-state index in [-0.39, 0.29) is 0 Å². The van der Waals surface area contributed by atoms with Crippen LogP contribution >= 0.6 is 0 Å². The van der Waals surface area contributed by atoms with Crippen LogP contribution in [0, 0.1) is 5.92 Å². The van der Waals surface area contributed by atoms with Gasteiger partial charge >= 0.3 is 0 Å². The monoisotopic (exact) mass is 268 g/mol. The Kier molecular flexibility index (Phi) is 5.31. The van der Waals surface area contributed by atoms with E-state index in [2.05, 4.69) is 61.4 Å². The van der Waals surface area contributed by atoms with E-state index in [1.165, 1.54) is 11.1 Å². The van der Waals surface area contributed by atoms with Crippen LogP contribution in [-0.2, 0) is 13.0 Å². The van der Waals surface area contributed by atoms with Crippen LogP contribution in [0.25, 0.3) is 0 Å². The third-order valence-electron chi connectivity index (χ3n) is 3.64. The highest BCUT2D eigenvalue weighted by Crippen LogP contribution is 2.22. The minimum atomic E-state index is 0.364. The molecule has 2 nitrogen and oxygen atoms in total. The zero-order valence-electron chi connectivity index (χ0n) is 12.6. The van der Waals surface area contributed by atoms with Crippen LogP contribution in [-0.4, -0.2) is 4.98 Å². The molecule has 1 heterocycles. The predicted molar refractivity (Wildman–Crippen MR) is 84.5 cm³/mol. The third kappa shape index (κ3) is 3.91. The highest BCUT2D eigenvalue weighted by atomic mass is 14.9. The first kappa shape index (κ1) is 14.7. The molecule has 0 saturated carbocycles. The largest absolute Gasteiger partial charge is 0.304 e. The van der Waals surface area contributed by atoms with Crippen LogP contribution < -0.4 is 5.32 Å². The number of pyridine rings is 1. The van der Waals surface area contributed by atoms with Crippen LogP contribution in [0.5, 0.6) is 0 Å². The molecule has 1 atom stereocenters. The molecule has 0 aliphatic carbocycles. The Morgan fingerprint density at radius 2 is 1.80 bits per heavy atom. The lowest BCUT2D eigenvalue weighted by atomic mass is 9.95. The van der Waals surface area contributed by atoms with Gasteiger partial charge < -0.3 is 5.32 Å².